The van der Waals surface area contributed by atoms with E-state index in [4.69, 9.17) is 0 Å². The Balaban J connectivity index is 2.29. The molecule has 0 fully saturated rings. The van der Waals surface area contributed by atoms with Crippen molar-refractivity contribution in [3.63, 3.8) is 0 Å². The van der Waals surface area contributed by atoms with Gasteiger partial charge in [0.1, 0.15) is 0 Å². The molecule has 1 aliphatic rings. The fraction of sp³-hybridized carbons (Fsp3) is 0.333. The summed E-state index contributed by atoms with van der Waals surface area (Å²) in [7, 11) is 2.13. The van der Waals surface area contributed by atoms with Crippen molar-refractivity contribution in [3.05, 3.63) is 47.7 Å². The van der Waals surface area contributed by atoms with Gasteiger partial charge >= 0.3 is 0 Å². The highest BCUT2D eigenvalue weighted by Gasteiger charge is 2.17. The van der Waals surface area contributed by atoms with Gasteiger partial charge in [-0.25, -0.2) is 0 Å². The Hall–Kier alpha value is -1.28. The van der Waals surface area contributed by atoms with Gasteiger partial charge in [-0.3, -0.25) is 4.90 Å². The maximum Gasteiger partial charge on any atom is 0.0680 e. The first-order valence-corrected chi connectivity index (χ1v) is 4.95. The minimum Gasteiger partial charge on any atom is -0.376 e. The van der Waals surface area contributed by atoms with Crippen molar-refractivity contribution in [2.75, 3.05) is 13.7 Å². The summed E-state index contributed by atoms with van der Waals surface area (Å²) in [6, 6.07) is 11.0. The molecule has 1 N–H and O–H groups in total. The smallest absolute Gasteiger partial charge is 0.0680 e. The summed E-state index contributed by atoms with van der Waals surface area (Å²) in [5.74, 6) is 0. The quantitative estimate of drug-likeness (QED) is 0.726. The van der Waals surface area contributed by atoms with Crippen molar-refractivity contribution in [1.29, 1.82) is 0 Å². The minimum absolute atomic E-state index is 0.414. The number of hydrogen-bond acceptors (Lipinski definition) is 2. The van der Waals surface area contributed by atoms with Gasteiger partial charge < -0.3 is 5.32 Å². The summed E-state index contributed by atoms with van der Waals surface area (Å²) >= 11 is 0. The fourth-order valence-corrected chi connectivity index (χ4v) is 1.77. The molecular weight excluding hydrogens is 172 g/mol. The Labute approximate surface area is 85.2 Å². The van der Waals surface area contributed by atoms with Crippen molar-refractivity contribution in [2.45, 2.75) is 13.0 Å². The number of nitrogens with zero attached hydrogens (tertiary/aromatic N) is 1. The average molecular weight is 188 g/mol. The highest BCUT2D eigenvalue weighted by molar-refractivity contribution is 5.25. The predicted octanol–water partition coefficient (Wildman–Crippen LogP) is 2.12. The average Bonchev–Trinajstić information content (AvgIpc) is 2.23. The molecule has 0 aromatic heterocycles. The van der Waals surface area contributed by atoms with Crippen LogP contribution in [0.3, 0.4) is 0 Å². The van der Waals surface area contributed by atoms with E-state index in [1.165, 1.54) is 11.3 Å². The molecule has 0 aliphatic carbocycles. The first kappa shape index (κ1) is 9.28. The van der Waals surface area contributed by atoms with Crippen molar-refractivity contribution >= 4 is 0 Å². The Kier molecular flexibility index (Phi) is 2.55. The lowest BCUT2D eigenvalue weighted by Crippen LogP contribution is -2.37. The van der Waals surface area contributed by atoms with E-state index in [0.29, 0.717) is 6.04 Å². The fourth-order valence-electron chi connectivity index (χ4n) is 1.77. The standard InChI is InChI=1S/C12H16N2/c1-10-8-12(14(2)9-13-10)11-6-4-3-5-7-11/h3-8,12-13H,9H2,1-2H3. The molecule has 1 atom stereocenters. The Morgan fingerprint density at radius 2 is 2.00 bits per heavy atom. The monoisotopic (exact) mass is 188 g/mol. The van der Waals surface area contributed by atoms with E-state index in [2.05, 4.69) is 60.6 Å². The van der Waals surface area contributed by atoms with Crippen LogP contribution in [0.5, 0.6) is 0 Å². The van der Waals surface area contributed by atoms with Gasteiger partial charge in [-0.05, 0) is 25.6 Å². The molecule has 1 heterocycles. The zero-order valence-electron chi connectivity index (χ0n) is 8.70. The molecule has 1 aromatic carbocycles. The summed E-state index contributed by atoms with van der Waals surface area (Å²) in [5, 5.41) is 3.32. The van der Waals surface area contributed by atoms with Gasteiger partial charge in [0.2, 0.25) is 0 Å². The van der Waals surface area contributed by atoms with Gasteiger partial charge in [0, 0.05) is 5.70 Å². The molecular formula is C12H16N2. The molecule has 0 radical (unpaired) electrons. The molecule has 0 saturated heterocycles. The lowest BCUT2D eigenvalue weighted by atomic mass is 10.0. The zero-order chi connectivity index (χ0) is 9.97. The van der Waals surface area contributed by atoms with Crippen LogP contribution in [0.1, 0.15) is 18.5 Å². The summed E-state index contributed by atoms with van der Waals surface area (Å²) in [5.41, 5.74) is 2.62. The van der Waals surface area contributed by atoms with Crippen LogP contribution in [-0.4, -0.2) is 18.6 Å². The topological polar surface area (TPSA) is 15.3 Å². The van der Waals surface area contributed by atoms with Gasteiger partial charge in [0.15, 0.2) is 0 Å². The first-order valence-electron chi connectivity index (χ1n) is 4.95. The summed E-state index contributed by atoms with van der Waals surface area (Å²) in [6.07, 6.45) is 2.26. The summed E-state index contributed by atoms with van der Waals surface area (Å²) < 4.78 is 0. The van der Waals surface area contributed by atoms with E-state index < -0.39 is 0 Å². The third-order valence-electron chi connectivity index (χ3n) is 2.63. The van der Waals surface area contributed by atoms with Crippen LogP contribution in [0.25, 0.3) is 0 Å². The van der Waals surface area contributed by atoms with E-state index in [1.807, 2.05) is 0 Å². The second-order valence-electron chi connectivity index (χ2n) is 3.80. The Morgan fingerprint density at radius 1 is 1.29 bits per heavy atom. The largest absolute Gasteiger partial charge is 0.376 e. The van der Waals surface area contributed by atoms with E-state index in [-0.39, 0.29) is 0 Å². The van der Waals surface area contributed by atoms with Crippen LogP contribution in [0.2, 0.25) is 0 Å². The van der Waals surface area contributed by atoms with Crippen molar-refractivity contribution in [3.8, 4) is 0 Å². The van der Waals surface area contributed by atoms with E-state index in [1.54, 1.807) is 0 Å². The number of likely N-dealkylation sites (N-methyl/N-ethyl adjacent to an activating group) is 1. The molecule has 0 saturated carbocycles. The third-order valence-corrected chi connectivity index (χ3v) is 2.63. The number of rotatable bonds is 1. The van der Waals surface area contributed by atoms with Crippen LogP contribution < -0.4 is 5.32 Å². The number of hydrogen-bond donors (Lipinski definition) is 1. The van der Waals surface area contributed by atoms with Crippen molar-refractivity contribution in [1.82, 2.24) is 10.2 Å². The molecule has 0 spiro atoms. The number of nitrogens with one attached hydrogen (secondary N) is 1. The normalized spacial score (nSPS) is 22.7. The lowest BCUT2D eigenvalue weighted by molar-refractivity contribution is 0.255. The molecule has 1 aliphatic heterocycles. The van der Waals surface area contributed by atoms with E-state index >= 15 is 0 Å². The molecule has 1 aromatic rings. The highest BCUT2D eigenvalue weighted by atomic mass is 15.2. The molecule has 14 heavy (non-hydrogen) atoms. The van der Waals surface area contributed by atoms with Crippen LogP contribution in [0, 0.1) is 0 Å². The minimum atomic E-state index is 0.414. The SMILES string of the molecule is CC1=CC(c2ccccc2)N(C)CN1. The van der Waals surface area contributed by atoms with E-state index in [0.717, 1.165) is 6.67 Å². The van der Waals surface area contributed by atoms with Gasteiger partial charge in [0.25, 0.3) is 0 Å². The van der Waals surface area contributed by atoms with E-state index in [9.17, 15) is 0 Å². The van der Waals surface area contributed by atoms with Gasteiger partial charge in [-0.2, -0.15) is 0 Å². The maximum atomic E-state index is 3.32. The number of benzene rings is 1. The molecule has 2 heteroatoms. The third kappa shape index (κ3) is 1.80. The van der Waals surface area contributed by atoms with Crippen LogP contribution >= 0.6 is 0 Å². The molecule has 0 bridgehead atoms. The molecule has 74 valence electrons. The Bertz CT molecular complexity index is 329. The highest BCUT2D eigenvalue weighted by Crippen LogP contribution is 2.23. The maximum absolute atomic E-state index is 3.32. The first-order chi connectivity index (χ1) is 6.77. The summed E-state index contributed by atoms with van der Waals surface area (Å²) in [4.78, 5) is 2.29. The summed E-state index contributed by atoms with van der Waals surface area (Å²) in [6.45, 7) is 3.03. The molecule has 1 unspecified atom stereocenters. The van der Waals surface area contributed by atoms with Gasteiger partial charge in [-0.15, -0.1) is 0 Å². The van der Waals surface area contributed by atoms with Crippen LogP contribution in [0.15, 0.2) is 42.1 Å². The molecule has 2 rings (SSSR count). The predicted molar refractivity (Wildman–Crippen MR) is 58.7 cm³/mol. The second kappa shape index (κ2) is 3.84. The van der Waals surface area contributed by atoms with Crippen LogP contribution in [0.4, 0.5) is 0 Å². The van der Waals surface area contributed by atoms with Crippen LogP contribution in [-0.2, 0) is 0 Å². The van der Waals surface area contributed by atoms with Crippen molar-refractivity contribution < 1.29 is 0 Å². The molecule has 0 amide bonds. The number of allylic oxidation sites excluding steroid dienone is 1. The van der Waals surface area contributed by atoms with Gasteiger partial charge in [-0.1, -0.05) is 30.3 Å². The Morgan fingerprint density at radius 3 is 2.71 bits per heavy atom. The van der Waals surface area contributed by atoms with Gasteiger partial charge in [0.05, 0.1) is 12.7 Å². The lowest BCUT2D eigenvalue weighted by Gasteiger charge is -2.31. The van der Waals surface area contributed by atoms with Crippen molar-refractivity contribution in [2.24, 2.45) is 0 Å². The zero-order valence-corrected chi connectivity index (χ0v) is 8.70. The second-order valence-corrected chi connectivity index (χ2v) is 3.80. The molecule has 2 nitrogen and oxygen atoms in total.